The van der Waals surface area contributed by atoms with Gasteiger partial charge in [-0.25, -0.2) is 0 Å². The van der Waals surface area contributed by atoms with Crippen molar-refractivity contribution in [1.82, 2.24) is 4.90 Å². The molecule has 0 atom stereocenters. The largest absolute Gasteiger partial charge is 0.393 e. The lowest BCUT2D eigenvalue weighted by atomic mass is 10.1. The van der Waals surface area contributed by atoms with Crippen LogP contribution in [0.1, 0.15) is 28.8 Å². The average molecular weight is 373 g/mol. The lowest BCUT2D eigenvalue weighted by molar-refractivity contribution is -0.132. The van der Waals surface area contributed by atoms with Crippen LogP contribution in [-0.4, -0.2) is 41.0 Å². The van der Waals surface area contributed by atoms with E-state index in [1.165, 1.54) is 0 Å². The summed E-state index contributed by atoms with van der Waals surface area (Å²) in [5.41, 5.74) is 2.04. The van der Waals surface area contributed by atoms with Crippen LogP contribution in [0.2, 0.25) is 5.02 Å². The van der Waals surface area contributed by atoms with Gasteiger partial charge in [0.25, 0.3) is 5.91 Å². The number of benzene rings is 2. The Kier molecular flexibility index (Phi) is 5.91. The molecule has 0 saturated carbocycles. The third-order valence-corrected chi connectivity index (χ3v) is 4.71. The predicted octanol–water partition coefficient (Wildman–Crippen LogP) is 3.12. The molecule has 1 fully saturated rings. The number of hydrogen-bond donors (Lipinski definition) is 2. The molecule has 5 nitrogen and oxygen atoms in total. The van der Waals surface area contributed by atoms with E-state index in [2.05, 4.69) is 5.32 Å². The van der Waals surface area contributed by atoms with E-state index in [1.807, 2.05) is 12.1 Å². The summed E-state index contributed by atoms with van der Waals surface area (Å²) in [7, 11) is 0. The molecule has 0 bridgehead atoms. The highest BCUT2D eigenvalue weighted by atomic mass is 35.5. The normalized spacial score (nSPS) is 14.9. The second-order valence-corrected chi connectivity index (χ2v) is 6.89. The fourth-order valence-corrected chi connectivity index (χ4v) is 3.13. The predicted molar refractivity (Wildman–Crippen MR) is 101 cm³/mol. The maximum Gasteiger partial charge on any atom is 0.255 e. The molecule has 0 aliphatic carbocycles. The van der Waals surface area contributed by atoms with Gasteiger partial charge in [-0.15, -0.1) is 0 Å². The molecule has 26 heavy (non-hydrogen) atoms. The number of carbonyl (C=O) groups excluding carboxylic acids is 2. The zero-order valence-electron chi connectivity index (χ0n) is 14.3. The van der Waals surface area contributed by atoms with Crippen LogP contribution in [0, 0.1) is 0 Å². The number of carbonyl (C=O) groups is 2. The second-order valence-electron chi connectivity index (χ2n) is 6.45. The minimum atomic E-state index is -0.290. The van der Waals surface area contributed by atoms with Gasteiger partial charge in [-0.2, -0.15) is 0 Å². The molecule has 2 aromatic rings. The van der Waals surface area contributed by atoms with Crippen molar-refractivity contribution in [2.75, 3.05) is 18.4 Å². The quantitative estimate of drug-likeness (QED) is 0.866. The van der Waals surface area contributed by atoms with Crippen LogP contribution in [0.4, 0.5) is 5.69 Å². The van der Waals surface area contributed by atoms with Crippen molar-refractivity contribution in [3.05, 3.63) is 64.7 Å². The third kappa shape index (κ3) is 4.84. The maximum absolute atomic E-state index is 12.3. The monoisotopic (exact) mass is 372 g/mol. The first-order valence-corrected chi connectivity index (χ1v) is 9.01. The Hall–Kier alpha value is -2.37. The van der Waals surface area contributed by atoms with E-state index >= 15 is 0 Å². The van der Waals surface area contributed by atoms with Gasteiger partial charge in [0.1, 0.15) is 0 Å². The van der Waals surface area contributed by atoms with Crippen molar-refractivity contribution in [1.29, 1.82) is 0 Å². The number of nitrogens with zero attached hydrogens (tertiary/aromatic N) is 1. The number of aliphatic hydroxyl groups is 1. The third-order valence-electron chi connectivity index (χ3n) is 4.47. The Morgan fingerprint density at radius 3 is 2.46 bits per heavy atom. The van der Waals surface area contributed by atoms with E-state index in [0.29, 0.717) is 48.6 Å². The van der Waals surface area contributed by atoms with Crippen molar-refractivity contribution in [3.8, 4) is 0 Å². The average Bonchev–Trinajstić information content (AvgIpc) is 2.64. The lowest BCUT2D eigenvalue weighted by Crippen LogP contribution is -2.40. The summed E-state index contributed by atoms with van der Waals surface area (Å²) >= 11 is 5.90. The first-order chi connectivity index (χ1) is 12.5. The highest BCUT2D eigenvalue weighted by Gasteiger charge is 2.21. The van der Waals surface area contributed by atoms with E-state index in [-0.39, 0.29) is 17.9 Å². The zero-order valence-corrected chi connectivity index (χ0v) is 15.1. The van der Waals surface area contributed by atoms with Crippen molar-refractivity contribution in [3.63, 3.8) is 0 Å². The maximum atomic E-state index is 12.3. The molecule has 2 aromatic carbocycles. The Morgan fingerprint density at radius 1 is 1.12 bits per heavy atom. The van der Waals surface area contributed by atoms with Gasteiger partial charge >= 0.3 is 0 Å². The molecule has 1 aliphatic rings. The van der Waals surface area contributed by atoms with Gasteiger partial charge in [-0.1, -0.05) is 29.8 Å². The number of rotatable bonds is 4. The molecule has 0 radical (unpaired) electrons. The standard InChI is InChI=1S/C20H21ClN2O3/c21-16-3-1-2-15(13-16)20(26)22-17-6-4-14(5-7-17)12-19(25)23-10-8-18(24)9-11-23/h1-7,13,18,24H,8-12H2,(H,22,26). The number of anilines is 1. The van der Waals surface area contributed by atoms with E-state index in [4.69, 9.17) is 11.6 Å². The molecule has 1 saturated heterocycles. The number of aliphatic hydroxyl groups excluding tert-OH is 1. The van der Waals surface area contributed by atoms with E-state index in [0.717, 1.165) is 5.56 Å². The molecule has 2 N–H and O–H groups in total. The molecule has 2 amide bonds. The summed E-state index contributed by atoms with van der Waals surface area (Å²) in [4.78, 5) is 26.3. The number of nitrogens with one attached hydrogen (secondary N) is 1. The van der Waals surface area contributed by atoms with Crippen molar-refractivity contribution in [2.45, 2.75) is 25.4 Å². The molecule has 0 unspecified atom stereocenters. The molecule has 0 aromatic heterocycles. The topological polar surface area (TPSA) is 69.6 Å². The van der Waals surface area contributed by atoms with E-state index in [1.54, 1.807) is 41.3 Å². The molecular formula is C20H21ClN2O3. The van der Waals surface area contributed by atoms with Crippen LogP contribution in [0.5, 0.6) is 0 Å². The highest BCUT2D eigenvalue weighted by molar-refractivity contribution is 6.31. The SMILES string of the molecule is O=C(Nc1ccc(CC(=O)N2CCC(O)CC2)cc1)c1cccc(Cl)c1. The fourth-order valence-electron chi connectivity index (χ4n) is 2.94. The number of piperidine rings is 1. The number of likely N-dealkylation sites (tertiary alicyclic amines) is 1. The summed E-state index contributed by atoms with van der Waals surface area (Å²) in [6.07, 6.45) is 1.31. The molecule has 1 aliphatic heterocycles. The molecular weight excluding hydrogens is 352 g/mol. The summed E-state index contributed by atoms with van der Waals surface area (Å²) in [5.74, 6) is -0.171. The van der Waals surface area contributed by atoms with Gasteiger partial charge < -0.3 is 15.3 Å². The van der Waals surface area contributed by atoms with E-state index in [9.17, 15) is 14.7 Å². The first kappa shape index (κ1) is 18.4. The summed E-state index contributed by atoms with van der Waals surface area (Å²) in [5, 5.41) is 12.8. The van der Waals surface area contributed by atoms with Crippen LogP contribution >= 0.6 is 11.6 Å². The van der Waals surface area contributed by atoms with Gasteiger partial charge in [-0.05, 0) is 48.7 Å². The lowest BCUT2D eigenvalue weighted by Gasteiger charge is -2.29. The van der Waals surface area contributed by atoms with Gasteiger partial charge in [0.05, 0.1) is 12.5 Å². The Labute approximate surface area is 157 Å². The van der Waals surface area contributed by atoms with Crippen LogP contribution in [0.25, 0.3) is 0 Å². The molecule has 3 rings (SSSR count). The first-order valence-electron chi connectivity index (χ1n) is 8.63. The second kappa shape index (κ2) is 8.34. The number of hydrogen-bond acceptors (Lipinski definition) is 3. The molecule has 1 heterocycles. The highest BCUT2D eigenvalue weighted by Crippen LogP contribution is 2.16. The Morgan fingerprint density at radius 2 is 1.81 bits per heavy atom. The summed E-state index contributed by atoms with van der Waals surface area (Å²) < 4.78 is 0. The van der Waals surface area contributed by atoms with Gasteiger partial charge in [0.2, 0.25) is 5.91 Å². The van der Waals surface area contributed by atoms with Gasteiger partial charge in [0, 0.05) is 29.4 Å². The van der Waals surface area contributed by atoms with Gasteiger partial charge in [0.15, 0.2) is 0 Å². The summed E-state index contributed by atoms with van der Waals surface area (Å²) in [6, 6.07) is 14.0. The number of amides is 2. The molecule has 136 valence electrons. The van der Waals surface area contributed by atoms with Crippen LogP contribution in [0.3, 0.4) is 0 Å². The van der Waals surface area contributed by atoms with Crippen molar-refractivity contribution < 1.29 is 14.7 Å². The Bertz CT molecular complexity index is 784. The van der Waals surface area contributed by atoms with E-state index < -0.39 is 0 Å². The molecule has 0 spiro atoms. The Balaban J connectivity index is 1.56. The van der Waals surface area contributed by atoms with Crippen LogP contribution in [-0.2, 0) is 11.2 Å². The van der Waals surface area contributed by atoms with Crippen LogP contribution < -0.4 is 5.32 Å². The smallest absolute Gasteiger partial charge is 0.255 e. The zero-order chi connectivity index (χ0) is 18.5. The van der Waals surface area contributed by atoms with Crippen molar-refractivity contribution in [2.24, 2.45) is 0 Å². The fraction of sp³-hybridized carbons (Fsp3) is 0.300. The minimum Gasteiger partial charge on any atom is -0.393 e. The molecule has 6 heteroatoms. The van der Waals surface area contributed by atoms with Crippen LogP contribution in [0.15, 0.2) is 48.5 Å². The number of halogens is 1. The van der Waals surface area contributed by atoms with Crippen molar-refractivity contribution >= 4 is 29.1 Å². The van der Waals surface area contributed by atoms with Gasteiger partial charge in [-0.3, -0.25) is 9.59 Å². The minimum absolute atomic E-state index is 0.0626. The summed E-state index contributed by atoms with van der Waals surface area (Å²) in [6.45, 7) is 1.21.